The van der Waals surface area contributed by atoms with E-state index in [1.165, 1.54) is 16.8 Å². The van der Waals surface area contributed by atoms with Gasteiger partial charge in [-0.25, -0.2) is 9.78 Å². The topological polar surface area (TPSA) is 117 Å². The van der Waals surface area contributed by atoms with Crippen LogP contribution in [0.4, 0.5) is 18.9 Å². The monoisotopic (exact) mass is 436 g/mol. The van der Waals surface area contributed by atoms with Crippen LogP contribution >= 0.6 is 0 Å². The molecule has 1 aromatic carbocycles. The first-order chi connectivity index (χ1) is 14.3. The number of carboxylic acids is 1. The van der Waals surface area contributed by atoms with Crippen LogP contribution in [0.5, 0.6) is 0 Å². The van der Waals surface area contributed by atoms with E-state index in [-0.39, 0.29) is 11.3 Å². The molecule has 0 aliphatic carbocycles. The van der Waals surface area contributed by atoms with Crippen molar-refractivity contribution in [2.45, 2.75) is 38.6 Å². The molecule has 0 aliphatic heterocycles. The number of pyridine rings is 1. The minimum Gasteiger partial charge on any atom is -0.478 e. The number of hydrogen-bond acceptors (Lipinski definition) is 5. The summed E-state index contributed by atoms with van der Waals surface area (Å²) in [6.07, 6.45) is -2.71. The number of nitrogens with one attached hydrogen (secondary N) is 1. The van der Waals surface area contributed by atoms with Gasteiger partial charge in [0.05, 0.1) is 22.4 Å². The van der Waals surface area contributed by atoms with Crippen LogP contribution in [-0.4, -0.2) is 42.5 Å². The molecule has 3 rings (SSSR count). The van der Waals surface area contributed by atoms with Crippen molar-refractivity contribution in [2.75, 3.05) is 5.32 Å². The maximum absolute atomic E-state index is 12.8. The van der Waals surface area contributed by atoms with E-state index in [0.29, 0.717) is 23.9 Å². The molecule has 0 saturated heterocycles. The predicted molar refractivity (Wildman–Crippen MR) is 105 cm³/mol. The SMILES string of the molecule is CC(C)(O)CCn1cc2cc(NC(=O)c3cccc(C(F)(F)F)n3)c(C(=O)O)cc2n1. The molecule has 0 bridgehead atoms. The van der Waals surface area contributed by atoms with Crippen molar-refractivity contribution in [2.24, 2.45) is 0 Å². The minimum atomic E-state index is -4.72. The Balaban J connectivity index is 1.92. The first-order valence-electron chi connectivity index (χ1n) is 9.16. The molecule has 0 saturated carbocycles. The number of halogens is 3. The van der Waals surface area contributed by atoms with Gasteiger partial charge in [-0.3, -0.25) is 9.48 Å². The van der Waals surface area contributed by atoms with Crippen molar-refractivity contribution in [3.8, 4) is 0 Å². The third kappa shape index (κ3) is 5.37. The summed E-state index contributed by atoms with van der Waals surface area (Å²) in [6, 6.07) is 5.50. The lowest BCUT2D eigenvalue weighted by Gasteiger charge is -2.16. The number of alkyl halides is 3. The van der Waals surface area contributed by atoms with Gasteiger partial charge in [0, 0.05) is 18.1 Å². The number of carbonyl (C=O) groups excluding carboxylic acids is 1. The van der Waals surface area contributed by atoms with Gasteiger partial charge in [-0.2, -0.15) is 18.3 Å². The van der Waals surface area contributed by atoms with Crippen molar-refractivity contribution in [1.29, 1.82) is 0 Å². The average molecular weight is 436 g/mol. The summed E-state index contributed by atoms with van der Waals surface area (Å²) < 4.78 is 40.1. The number of fused-ring (bicyclic) bond motifs is 1. The summed E-state index contributed by atoms with van der Waals surface area (Å²) in [5, 5.41) is 26.4. The van der Waals surface area contributed by atoms with Crippen LogP contribution in [-0.2, 0) is 12.7 Å². The van der Waals surface area contributed by atoms with E-state index in [4.69, 9.17) is 0 Å². The highest BCUT2D eigenvalue weighted by Crippen LogP contribution is 2.28. The molecule has 2 heterocycles. The van der Waals surface area contributed by atoms with Crippen LogP contribution in [0.15, 0.2) is 36.5 Å². The molecule has 3 N–H and O–H groups in total. The van der Waals surface area contributed by atoms with Gasteiger partial charge in [-0.05, 0) is 44.5 Å². The summed E-state index contributed by atoms with van der Waals surface area (Å²) in [7, 11) is 0. The number of aromatic carboxylic acids is 1. The minimum absolute atomic E-state index is 0.105. The third-order valence-electron chi connectivity index (χ3n) is 4.39. The second-order valence-electron chi connectivity index (χ2n) is 7.58. The van der Waals surface area contributed by atoms with Crippen molar-refractivity contribution in [3.05, 3.63) is 53.5 Å². The van der Waals surface area contributed by atoms with Crippen molar-refractivity contribution in [3.63, 3.8) is 0 Å². The number of benzene rings is 1. The van der Waals surface area contributed by atoms with Gasteiger partial charge in [-0.15, -0.1) is 0 Å². The Kier molecular flexibility index (Phi) is 5.72. The Labute approximate surface area is 174 Å². The zero-order valence-corrected chi connectivity index (χ0v) is 16.6. The molecule has 11 heteroatoms. The molecule has 0 fully saturated rings. The predicted octanol–water partition coefficient (Wildman–Crippen LogP) is 3.56. The third-order valence-corrected chi connectivity index (χ3v) is 4.39. The molecule has 0 spiro atoms. The molecule has 0 atom stereocenters. The molecule has 0 aliphatic rings. The van der Waals surface area contributed by atoms with Crippen LogP contribution in [0.1, 0.15) is 46.8 Å². The number of hydrogen-bond donors (Lipinski definition) is 3. The standard InChI is InChI=1S/C20H19F3N4O4/c1-19(2,31)6-7-27-10-11-8-15(12(18(29)30)9-14(11)26-27)25-17(28)13-4-3-5-16(24-13)20(21,22)23/h3-5,8-10,31H,6-7H2,1-2H3,(H,25,28)(H,29,30). The fraction of sp³-hybridized carbons (Fsp3) is 0.300. The second-order valence-corrected chi connectivity index (χ2v) is 7.58. The van der Waals surface area contributed by atoms with E-state index in [0.717, 1.165) is 18.2 Å². The number of amides is 1. The van der Waals surface area contributed by atoms with E-state index in [1.54, 1.807) is 20.0 Å². The van der Waals surface area contributed by atoms with Crippen LogP contribution < -0.4 is 5.32 Å². The van der Waals surface area contributed by atoms with Gasteiger partial charge in [0.1, 0.15) is 11.4 Å². The van der Waals surface area contributed by atoms with Crippen LogP contribution in [0.25, 0.3) is 10.9 Å². The maximum Gasteiger partial charge on any atom is 0.433 e. The Morgan fingerprint density at radius 3 is 2.52 bits per heavy atom. The van der Waals surface area contributed by atoms with E-state index in [2.05, 4.69) is 15.4 Å². The molecule has 3 aromatic rings. The summed E-state index contributed by atoms with van der Waals surface area (Å²) in [5.74, 6) is -2.33. The Bertz CT molecular complexity index is 1150. The Hall–Kier alpha value is -3.47. The summed E-state index contributed by atoms with van der Waals surface area (Å²) in [5.41, 5.74) is -2.69. The zero-order chi connectivity index (χ0) is 23.0. The van der Waals surface area contributed by atoms with Gasteiger partial charge < -0.3 is 15.5 Å². The van der Waals surface area contributed by atoms with E-state index in [9.17, 15) is 33.0 Å². The molecule has 8 nitrogen and oxygen atoms in total. The fourth-order valence-corrected chi connectivity index (χ4v) is 2.81. The highest BCUT2D eigenvalue weighted by molar-refractivity contribution is 6.08. The highest BCUT2D eigenvalue weighted by Gasteiger charge is 2.33. The van der Waals surface area contributed by atoms with Crippen molar-refractivity contribution < 1.29 is 33.0 Å². The van der Waals surface area contributed by atoms with E-state index >= 15 is 0 Å². The molecule has 0 unspecified atom stereocenters. The van der Waals surface area contributed by atoms with Crippen LogP contribution in [0.2, 0.25) is 0 Å². The van der Waals surface area contributed by atoms with Gasteiger partial charge in [0.25, 0.3) is 5.91 Å². The molecule has 1 amide bonds. The van der Waals surface area contributed by atoms with E-state index < -0.39 is 35.0 Å². The number of aryl methyl sites for hydroxylation is 1. The van der Waals surface area contributed by atoms with Gasteiger partial charge in [0.2, 0.25) is 0 Å². The molecule has 31 heavy (non-hydrogen) atoms. The molecular weight excluding hydrogens is 417 g/mol. The lowest BCUT2D eigenvalue weighted by atomic mass is 10.1. The number of nitrogens with zero attached hydrogens (tertiary/aromatic N) is 3. The molecule has 164 valence electrons. The second kappa shape index (κ2) is 7.99. The normalized spacial score (nSPS) is 12.2. The number of carbonyl (C=O) groups is 2. The molecule has 2 aromatic heterocycles. The number of anilines is 1. The largest absolute Gasteiger partial charge is 0.478 e. The number of aliphatic hydroxyl groups is 1. The van der Waals surface area contributed by atoms with Crippen molar-refractivity contribution in [1.82, 2.24) is 14.8 Å². The van der Waals surface area contributed by atoms with E-state index in [1.807, 2.05) is 0 Å². The maximum atomic E-state index is 12.8. The quantitative estimate of drug-likeness (QED) is 0.544. The Morgan fingerprint density at radius 2 is 1.90 bits per heavy atom. The van der Waals surface area contributed by atoms with Crippen LogP contribution in [0.3, 0.4) is 0 Å². The van der Waals surface area contributed by atoms with Crippen LogP contribution in [0, 0.1) is 0 Å². The average Bonchev–Trinajstić information content (AvgIpc) is 3.06. The molecule has 0 radical (unpaired) electrons. The summed E-state index contributed by atoms with van der Waals surface area (Å²) in [4.78, 5) is 27.4. The van der Waals surface area contributed by atoms with Crippen molar-refractivity contribution >= 4 is 28.5 Å². The summed E-state index contributed by atoms with van der Waals surface area (Å²) in [6.45, 7) is 3.67. The number of carboxylic acid groups (broad SMARTS) is 1. The lowest BCUT2D eigenvalue weighted by Crippen LogP contribution is -2.21. The fourth-order valence-electron chi connectivity index (χ4n) is 2.81. The summed E-state index contributed by atoms with van der Waals surface area (Å²) >= 11 is 0. The number of rotatable bonds is 6. The zero-order valence-electron chi connectivity index (χ0n) is 16.6. The lowest BCUT2D eigenvalue weighted by molar-refractivity contribution is -0.141. The van der Waals surface area contributed by atoms with Gasteiger partial charge in [0.15, 0.2) is 0 Å². The first-order valence-corrected chi connectivity index (χ1v) is 9.16. The smallest absolute Gasteiger partial charge is 0.433 e. The van der Waals surface area contributed by atoms with Gasteiger partial charge in [-0.1, -0.05) is 6.07 Å². The first kappa shape index (κ1) is 22.2. The Morgan fingerprint density at radius 1 is 1.19 bits per heavy atom. The highest BCUT2D eigenvalue weighted by atomic mass is 19.4. The van der Waals surface area contributed by atoms with Gasteiger partial charge >= 0.3 is 12.1 Å². The molecular formula is C20H19F3N4O4. The number of aromatic nitrogens is 3.